The lowest BCUT2D eigenvalue weighted by Crippen LogP contribution is -2.51. The van der Waals surface area contributed by atoms with Crippen LogP contribution in [-0.2, 0) is 80.9 Å². The number of aldehydes is 1. The lowest BCUT2D eigenvalue weighted by atomic mass is 9.78. The molecule has 2 heterocycles. The van der Waals surface area contributed by atoms with Gasteiger partial charge in [-0.25, -0.2) is 19.2 Å². The summed E-state index contributed by atoms with van der Waals surface area (Å²) in [7, 11) is 3.11. The van der Waals surface area contributed by atoms with Gasteiger partial charge in [-0.05, 0) is 70.8 Å². The van der Waals surface area contributed by atoms with Crippen LogP contribution in [0.5, 0.6) is 23.0 Å². The first kappa shape index (κ1) is 77.1. The Hall–Kier alpha value is -13.6. The summed E-state index contributed by atoms with van der Waals surface area (Å²) in [5.41, 5.74) is -12.3. The molecule has 8 aliphatic carbocycles. The molecule has 0 aliphatic heterocycles. The average Bonchev–Trinajstić information content (AvgIpc) is 1.53. The number of carbonyl (C=O) groups is 5. The number of aliphatic hydroxyl groups is 4. The number of aromatic amines is 2. The third-order valence-corrected chi connectivity index (χ3v) is 21.9. The van der Waals surface area contributed by atoms with Crippen LogP contribution in [0.25, 0.3) is 44.6 Å². The lowest BCUT2D eigenvalue weighted by molar-refractivity contribution is -0.143. The smallest absolute Gasteiger partial charge is 0.444 e. The second-order valence-electron chi connectivity index (χ2n) is 25.6. The number of hydrogen-bond acceptors (Lipinski definition) is 30. The maximum atomic E-state index is 13.7. The van der Waals surface area contributed by atoms with Gasteiger partial charge in [0.25, 0.3) is 11.1 Å². The number of rotatable bonds is 16. The number of benzene rings is 4. The number of aromatic hydroxyl groups is 2. The summed E-state index contributed by atoms with van der Waals surface area (Å²) in [5.74, 6) is -8.68. The Morgan fingerprint density at radius 2 is 0.892 bits per heavy atom. The van der Waals surface area contributed by atoms with Crippen molar-refractivity contribution in [3.05, 3.63) is 286 Å². The molecule has 4 unspecified atom stereocenters. The zero-order valence-corrected chi connectivity index (χ0v) is 59.8. The number of pyridine rings is 2. The van der Waals surface area contributed by atoms with Crippen molar-refractivity contribution in [1.82, 2.24) is 20.6 Å². The van der Waals surface area contributed by atoms with E-state index in [1.165, 1.54) is 24.3 Å². The highest BCUT2D eigenvalue weighted by Crippen LogP contribution is 2.60. The van der Waals surface area contributed by atoms with Crippen LogP contribution in [0.2, 0.25) is 0 Å². The predicted octanol–water partition coefficient (Wildman–Crippen LogP) is -0.690. The van der Waals surface area contributed by atoms with E-state index in [4.69, 9.17) is 32.7 Å². The monoisotopic (exact) mass is 1540 g/mol. The molecule has 4 aromatic carbocycles. The third-order valence-electron chi connectivity index (χ3n) is 19.9. The second-order valence-corrected chi connectivity index (χ2v) is 28.0. The number of H-pyrrole nitrogens is 2. The van der Waals surface area contributed by atoms with Gasteiger partial charge < -0.3 is 74.3 Å². The highest BCUT2D eigenvalue weighted by molar-refractivity contribution is 7.62. The number of nitrogens with one attached hydrogen (secondary N) is 4. The highest BCUT2D eigenvalue weighted by atomic mass is 31.2. The van der Waals surface area contributed by atoms with Gasteiger partial charge in [-0.1, -0.05) is 72.8 Å². The Labute approximate surface area is 617 Å². The van der Waals surface area contributed by atoms with Crippen molar-refractivity contribution in [2.24, 2.45) is 0 Å². The minimum absolute atomic E-state index is 0.0113. The van der Waals surface area contributed by atoms with Gasteiger partial charge >= 0.3 is 37.9 Å². The molecule has 0 saturated heterocycles. The quantitative estimate of drug-likeness (QED) is 0.0247. The fourth-order valence-electron chi connectivity index (χ4n) is 14.8. The van der Waals surface area contributed by atoms with E-state index in [1.807, 2.05) is 6.07 Å². The second kappa shape index (κ2) is 29.5. The molecule has 0 saturated carbocycles. The zero-order chi connectivity index (χ0) is 80.4. The van der Waals surface area contributed by atoms with Gasteiger partial charge in [0.2, 0.25) is 32.6 Å². The maximum Gasteiger partial charge on any atom is 0.444 e. The molecule has 6 aromatic rings. The lowest BCUT2D eigenvalue weighted by Gasteiger charge is -2.27. The van der Waals surface area contributed by atoms with Gasteiger partial charge in [-0.15, -0.1) is 0 Å². The molecule has 34 nitrogen and oxygen atoms in total. The Morgan fingerprint density at radius 3 is 1.29 bits per heavy atom. The molecule has 111 heavy (non-hydrogen) atoms. The van der Waals surface area contributed by atoms with E-state index in [2.05, 4.69) is 25.3 Å². The molecular formula is C76H62N4O30P+. The third kappa shape index (κ3) is 12.5. The fraction of sp³-hybridized carbons (Fsp3) is 0.224. The number of hydrogen-bond donors (Lipinski definition) is 11. The van der Waals surface area contributed by atoms with Crippen LogP contribution in [-0.4, -0.2) is 130 Å². The summed E-state index contributed by atoms with van der Waals surface area (Å²) in [4.78, 5) is 207. The van der Waals surface area contributed by atoms with Crippen molar-refractivity contribution in [1.29, 1.82) is 0 Å². The molecule has 2 aromatic heterocycles. The Kier molecular flexibility index (Phi) is 20.5. The van der Waals surface area contributed by atoms with Crippen LogP contribution in [0, 0.1) is 20.9 Å². The van der Waals surface area contributed by atoms with E-state index in [9.17, 15) is 107 Å². The van der Waals surface area contributed by atoms with E-state index in [1.54, 1.807) is 54.6 Å². The van der Waals surface area contributed by atoms with E-state index in [0.717, 1.165) is 60.4 Å². The SMILES string of the molecule is COC(=O)C(Cc1cc2cc3c(c(O)c2c(=O)[nH]1)C1(CC3)C(O)=c2c(=O)c3c(=O)cc(OC)c(=O)c=3c(=O)c2=C1O)NC(=O)OCc1ccccc1.COC(=O)C(NC(=O)OCc1ccccc1)[P+](O)(OC)OC.COc1cc(=O)c2c(=O)c3c(c(=O)c=2c1=O)=C(O)C1(CCc2cc4cc(C=O)[nH]c(=O)c4c(O)c21)C=3O. The fourth-order valence-corrected chi connectivity index (χ4v) is 16.0. The van der Waals surface area contributed by atoms with Crippen molar-refractivity contribution in [3.63, 3.8) is 0 Å². The predicted molar refractivity (Wildman–Crippen MR) is 390 cm³/mol. The number of phenols is 2. The average molecular weight is 1540 g/mol. The first-order valence-corrected chi connectivity index (χ1v) is 34.8. The number of fused-ring (bicyclic) bond motifs is 8. The molecule has 0 bridgehead atoms. The minimum atomic E-state index is -3.65. The maximum absolute atomic E-state index is 13.7. The molecule has 4 atom stereocenters. The van der Waals surface area contributed by atoms with Gasteiger partial charge in [0.1, 0.15) is 64.6 Å². The summed E-state index contributed by atoms with van der Waals surface area (Å²) in [6.07, 6.45) is -1.72. The van der Waals surface area contributed by atoms with E-state index < -0.39 is 197 Å². The van der Waals surface area contributed by atoms with E-state index in [0.29, 0.717) is 23.0 Å². The number of amides is 2. The number of carbonyl (C=O) groups excluding carboxylic acids is 5. The van der Waals surface area contributed by atoms with Crippen LogP contribution < -0.4 is 95.5 Å². The molecule has 0 radical (unpaired) electrons. The van der Waals surface area contributed by atoms with Gasteiger partial charge in [0.15, 0.2) is 28.6 Å². The van der Waals surface area contributed by atoms with Crippen molar-refractivity contribution in [3.8, 4) is 23.0 Å². The Morgan fingerprint density at radius 1 is 0.495 bits per heavy atom. The number of methoxy groups -OCH3 is 4. The van der Waals surface area contributed by atoms with Gasteiger partial charge in [-0.3, -0.25) is 58.1 Å². The van der Waals surface area contributed by atoms with Gasteiger partial charge in [-0.2, -0.15) is 13.9 Å². The summed E-state index contributed by atoms with van der Waals surface area (Å²) in [6.45, 7) is -0.0571. The topological polar surface area (TPSA) is 527 Å². The Bertz CT molecular complexity index is 6710. The van der Waals surface area contributed by atoms with Crippen LogP contribution >= 0.6 is 7.94 Å². The van der Waals surface area contributed by atoms with Crippen molar-refractivity contribution >= 4 is 82.9 Å². The first-order chi connectivity index (χ1) is 52.9. The normalized spacial score (nSPS) is 16.2. The number of esters is 2. The summed E-state index contributed by atoms with van der Waals surface area (Å²) in [6, 6.07) is 23.9. The number of aromatic nitrogens is 2. The molecule has 11 N–H and O–H groups in total. The molecule has 35 heteroatoms. The molecule has 2 spiro atoms. The zero-order valence-electron chi connectivity index (χ0n) is 58.9. The number of aliphatic hydroxyl groups excluding tert-OH is 4. The van der Waals surface area contributed by atoms with Crippen LogP contribution in [0.3, 0.4) is 0 Å². The molecule has 570 valence electrons. The largest absolute Gasteiger partial charge is 0.510 e. The van der Waals surface area contributed by atoms with Crippen LogP contribution in [0.4, 0.5) is 9.59 Å². The molecule has 8 aliphatic rings. The summed E-state index contributed by atoms with van der Waals surface area (Å²) >= 11 is 0. The van der Waals surface area contributed by atoms with E-state index >= 15 is 0 Å². The van der Waals surface area contributed by atoms with Crippen molar-refractivity contribution in [2.45, 2.75) is 68.0 Å². The Balaban J connectivity index is 0.000000169. The molecular weight excluding hydrogens is 1480 g/mol. The van der Waals surface area contributed by atoms with Crippen LogP contribution in [0.1, 0.15) is 62.4 Å². The number of aryl methyl sites for hydroxylation is 2. The first-order valence-electron chi connectivity index (χ1n) is 33.1. The molecule has 2 amide bonds. The van der Waals surface area contributed by atoms with Crippen molar-refractivity contribution in [2.75, 3.05) is 42.7 Å². The minimum Gasteiger partial charge on any atom is -0.510 e. The number of ether oxygens (including phenoxy) is 6. The van der Waals surface area contributed by atoms with Crippen molar-refractivity contribution < 1.29 is 97.0 Å². The van der Waals surface area contributed by atoms with Crippen LogP contribution in [0.15, 0.2) is 145 Å². The van der Waals surface area contributed by atoms with Gasteiger partial charge in [0, 0.05) is 35.4 Å². The summed E-state index contributed by atoms with van der Waals surface area (Å²) < 4.78 is 38.9. The number of phenolic OH excluding ortho intramolecular Hbond substituents is 2. The molecule has 14 rings (SSSR count). The standard InChI is InChI=1S/C37H28N2O13.C26H15NO10.C13H18NO7P/c1-50-21-13-20(40)23-24(28(21)41)30(43)26-25(29(23)42)32(45)37(33(26)46)9-8-16-10-17-11-18(38-34(47)22(17)31(44)27(16)37)12-19(35(48)51-2)39-36(49)52-14-15-6-4-3-5-7-15;1-37-12-6-11(29)14-15(19(12)30)21(32)17-16(20(14)31)23(34)26(24(17)35)3-2-8-4-9-5-10(7-28)27-25(36)13(9)22(33)18(8)26;1-18-12(15)11(22(17,19-2)20-3)14-13(16)21-9-10-7-5-4-6-8-10/h3-7,10-11,13,19,44-46H,8-9,12,14H2,1-2H3,(H,38,47)(H,39,49);4-7,33-35H,2-3H2,1H3,(H,27,36);4-8,11,17H,9H2,1-3H3/p+1. The molecule has 0 fully saturated rings. The highest BCUT2D eigenvalue weighted by Gasteiger charge is 2.57. The van der Waals surface area contributed by atoms with E-state index in [-0.39, 0.29) is 89.4 Å². The number of alkyl carbamates (subject to hydrolysis) is 2. The summed E-state index contributed by atoms with van der Waals surface area (Å²) in [5, 5.41) is 67.7. The van der Waals surface area contributed by atoms with Gasteiger partial charge in [0.05, 0.1) is 101 Å².